The predicted molar refractivity (Wildman–Crippen MR) is 134 cm³/mol. The number of benzene rings is 1. The number of nitrogens with zero attached hydrogens (tertiary/aromatic N) is 4. The van der Waals surface area contributed by atoms with Crippen molar-refractivity contribution in [3.05, 3.63) is 42.6 Å². The van der Waals surface area contributed by atoms with Gasteiger partial charge in [0.1, 0.15) is 5.82 Å². The Bertz CT molecular complexity index is 789. The predicted octanol–water partition coefficient (Wildman–Crippen LogP) is 3.62. The number of hydrogen-bond acceptors (Lipinski definition) is 7. The van der Waals surface area contributed by atoms with Crippen LogP contribution in [0.2, 0.25) is 0 Å². The molecule has 3 heterocycles. The lowest BCUT2D eigenvalue weighted by molar-refractivity contribution is -0.134. The van der Waals surface area contributed by atoms with Crippen molar-refractivity contribution >= 4 is 54.1 Å². The van der Waals surface area contributed by atoms with Gasteiger partial charge in [-0.05, 0) is 37.2 Å². The van der Waals surface area contributed by atoms with E-state index in [1.807, 2.05) is 24.0 Å². The quantitative estimate of drug-likeness (QED) is 0.619. The molecular formula is C22H32Cl2N4O3S. The van der Waals surface area contributed by atoms with Crippen LogP contribution in [0.3, 0.4) is 0 Å². The van der Waals surface area contributed by atoms with E-state index in [0.717, 1.165) is 65.0 Å². The fourth-order valence-electron chi connectivity index (χ4n) is 3.72. The van der Waals surface area contributed by atoms with Gasteiger partial charge in [0.05, 0.1) is 17.2 Å². The van der Waals surface area contributed by atoms with Crippen LogP contribution in [0.25, 0.3) is 0 Å². The maximum Gasteiger partial charge on any atom is 0.300 e. The minimum atomic E-state index is -0.833. The van der Waals surface area contributed by atoms with Crippen LogP contribution in [-0.4, -0.2) is 83.4 Å². The Morgan fingerprint density at radius 1 is 0.969 bits per heavy atom. The first-order chi connectivity index (χ1) is 14.6. The number of pyridine rings is 1. The van der Waals surface area contributed by atoms with Gasteiger partial charge in [-0.1, -0.05) is 23.9 Å². The second kappa shape index (κ2) is 14.6. The fourth-order valence-corrected chi connectivity index (χ4v) is 4.79. The average Bonchev–Trinajstić information content (AvgIpc) is 2.74. The Morgan fingerprint density at radius 3 is 2.22 bits per heavy atom. The number of rotatable bonds is 6. The molecule has 7 nitrogen and oxygen atoms in total. The Hall–Kier alpha value is -1.55. The standard InChI is InChI=1S/C20H26N4OS.C2H4O2.2ClH/c25-16-15-23-13-11-22(12-14-23)9-4-10-24-17-5-1-2-6-18(17)26-19-7-3-8-21-20(19)24;1-2(3)4;;/h1-3,5-8,25H,4,9-16H2;1H3,(H,3,4);2*1H. The molecule has 10 heteroatoms. The van der Waals surface area contributed by atoms with Crippen molar-refractivity contribution in [3.63, 3.8) is 0 Å². The number of carboxylic acids is 1. The lowest BCUT2D eigenvalue weighted by Crippen LogP contribution is -2.47. The number of para-hydroxylation sites is 1. The number of hydrogen-bond donors (Lipinski definition) is 2. The number of aromatic nitrogens is 1. The minimum Gasteiger partial charge on any atom is -0.481 e. The van der Waals surface area contributed by atoms with E-state index in [2.05, 4.69) is 50.0 Å². The van der Waals surface area contributed by atoms with Crippen LogP contribution in [0.5, 0.6) is 0 Å². The van der Waals surface area contributed by atoms with Crippen LogP contribution in [0.4, 0.5) is 11.5 Å². The van der Waals surface area contributed by atoms with Gasteiger partial charge in [0.2, 0.25) is 0 Å². The molecule has 0 saturated carbocycles. The summed E-state index contributed by atoms with van der Waals surface area (Å²) >= 11 is 1.81. The molecule has 0 radical (unpaired) electrons. The van der Waals surface area contributed by atoms with Gasteiger partial charge in [0, 0.05) is 57.3 Å². The number of aliphatic carboxylic acids is 1. The molecule has 2 aliphatic heterocycles. The van der Waals surface area contributed by atoms with Crippen molar-refractivity contribution in [2.75, 3.05) is 57.3 Å². The first-order valence-corrected chi connectivity index (χ1v) is 11.1. The zero-order chi connectivity index (χ0) is 21.3. The van der Waals surface area contributed by atoms with E-state index >= 15 is 0 Å². The van der Waals surface area contributed by atoms with E-state index in [9.17, 15) is 0 Å². The molecule has 0 amide bonds. The maximum atomic E-state index is 9.06. The lowest BCUT2D eigenvalue weighted by Gasteiger charge is -2.35. The number of halogens is 2. The van der Waals surface area contributed by atoms with E-state index in [0.29, 0.717) is 0 Å². The SMILES string of the molecule is CC(=O)O.Cl.Cl.OCCN1CCN(CCCN2c3ccccc3Sc3cccnc32)CC1. The van der Waals surface area contributed by atoms with Gasteiger partial charge in [0.25, 0.3) is 5.97 Å². The van der Waals surface area contributed by atoms with Crippen molar-refractivity contribution in [1.82, 2.24) is 14.8 Å². The van der Waals surface area contributed by atoms with Crippen LogP contribution < -0.4 is 4.90 Å². The van der Waals surface area contributed by atoms with E-state index in [4.69, 9.17) is 15.0 Å². The van der Waals surface area contributed by atoms with Crippen molar-refractivity contribution in [1.29, 1.82) is 0 Å². The van der Waals surface area contributed by atoms with Crippen molar-refractivity contribution < 1.29 is 15.0 Å². The third kappa shape index (κ3) is 8.10. The topological polar surface area (TPSA) is 80.1 Å². The van der Waals surface area contributed by atoms with E-state index < -0.39 is 5.97 Å². The smallest absolute Gasteiger partial charge is 0.300 e. The molecule has 4 rings (SSSR count). The number of β-amino-alcohol motifs (C(OH)–C–C–N with tert-alkyl or cyclic N) is 1. The number of fused-ring (bicyclic) bond motifs is 2. The Labute approximate surface area is 206 Å². The van der Waals surface area contributed by atoms with Gasteiger partial charge in [0.15, 0.2) is 0 Å². The number of piperazine rings is 1. The number of aliphatic hydroxyl groups is 1. The molecule has 1 fully saturated rings. The Kier molecular flexibility index (Phi) is 13.0. The van der Waals surface area contributed by atoms with Crippen LogP contribution in [0.15, 0.2) is 52.4 Å². The molecule has 1 aromatic heterocycles. The first kappa shape index (κ1) is 28.5. The van der Waals surface area contributed by atoms with Crippen LogP contribution in [0.1, 0.15) is 13.3 Å². The van der Waals surface area contributed by atoms with Crippen molar-refractivity contribution in [2.45, 2.75) is 23.1 Å². The van der Waals surface area contributed by atoms with E-state index in [-0.39, 0.29) is 31.4 Å². The molecule has 178 valence electrons. The second-order valence-corrected chi connectivity index (χ2v) is 8.41. The first-order valence-electron chi connectivity index (χ1n) is 10.3. The van der Waals surface area contributed by atoms with E-state index in [1.165, 1.54) is 15.5 Å². The second-order valence-electron chi connectivity index (χ2n) is 7.33. The van der Waals surface area contributed by atoms with Crippen molar-refractivity contribution in [2.24, 2.45) is 0 Å². The third-order valence-electron chi connectivity index (χ3n) is 5.12. The molecule has 1 saturated heterocycles. The largest absolute Gasteiger partial charge is 0.481 e. The minimum absolute atomic E-state index is 0. The Balaban J connectivity index is 0.000000790. The summed E-state index contributed by atoms with van der Waals surface area (Å²) in [5.74, 6) is 0.254. The molecule has 2 aromatic rings. The molecular weight excluding hydrogens is 471 g/mol. The number of aliphatic hydroxyl groups excluding tert-OH is 1. The Morgan fingerprint density at radius 2 is 1.56 bits per heavy atom. The molecule has 1 aromatic carbocycles. The number of anilines is 2. The van der Waals surface area contributed by atoms with Crippen LogP contribution in [-0.2, 0) is 4.79 Å². The number of carboxylic acid groups (broad SMARTS) is 1. The molecule has 0 unspecified atom stereocenters. The summed E-state index contributed by atoms with van der Waals surface area (Å²) < 4.78 is 0. The molecule has 0 bridgehead atoms. The van der Waals surface area contributed by atoms with Crippen LogP contribution >= 0.6 is 36.6 Å². The van der Waals surface area contributed by atoms with Gasteiger partial charge < -0.3 is 20.0 Å². The highest BCUT2D eigenvalue weighted by atomic mass is 35.5. The van der Waals surface area contributed by atoms with Gasteiger partial charge in [-0.3, -0.25) is 9.69 Å². The average molecular weight is 503 g/mol. The lowest BCUT2D eigenvalue weighted by atomic mass is 10.2. The summed E-state index contributed by atoms with van der Waals surface area (Å²) in [6.07, 6.45) is 3.01. The summed E-state index contributed by atoms with van der Waals surface area (Å²) in [7, 11) is 0. The molecule has 0 aliphatic carbocycles. The summed E-state index contributed by atoms with van der Waals surface area (Å²) in [5.41, 5.74) is 1.27. The highest BCUT2D eigenvalue weighted by molar-refractivity contribution is 7.99. The highest BCUT2D eigenvalue weighted by Gasteiger charge is 2.24. The van der Waals surface area contributed by atoms with Gasteiger partial charge in [-0.15, -0.1) is 24.8 Å². The molecule has 2 N–H and O–H groups in total. The monoisotopic (exact) mass is 502 g/mol. The van der Waals surface area contributed by atoms with Gasteiger partial charge >= 0.3 is 0 Å². The summed E-state index contributed by atoms with van der Waals surface area (Å²) in [4.78, 5) is 23.5. The van der Waals surface area contributed by atoms with E-state index in [1.54, 1.807) is 0 Å². The molecule has 32 heavy (non-hydrogen) atoms. The summed E-state index contributed by atoms with van der Waals surface area (Å²) in [5, 5.41) is 16.5. The van der Waals surface area contributed by atoms with Gasteiger partial charge in [-0.2, -0.15) is 0 Å². The van der Waals surface area contributed by atoms with Gasteiger partial charge in [-0.25, -0.2) is 4.98 Å². The fraction of sp³-hybridized carbons (Fsp3) is 0.455. The molecule has 0 spiro atoms. The zero-order valence-electron chi connectivity index (χ0n) is 18.2. The summed E-state index contributed by atoms with van der Waals surface area (Å²) in [6, 6.07) is 12.8. The highest BCUT2D eigenvalue weighted by Crippen LogP contribution is 2.46. The third-order valence-corrected chi connectivity index (χ3v) is 6.22. The van der Waals surface area contributed by atoms with Crippen molar-refractivity contribution in [3.8, 4) is 0 Å². The maximum absolute atomic E-state index is 9.06. The molecule has 2 aliphatic rings. The van der Waals surface area contributed by atoms with Crippen LogP contribution in [0, 0.1) is 0 Å². The normalized spacial score (nSPS) is 15.2. The summed E-state index contributed by atoms with van der Waals surface area (Å²) in [6.45, 7) is 8.57. The zero-order valence-corrected chi connectivity index (χ0v) is 20.7. The molecule has 0 atom stereocenters. The number of carbonyl (C=O) groups is 1.